The first-order chi connectivity index (χ1) is 9.19. The first-order valence-electron chi connectivity index (χ1n) is 5.68. The predicted octanol–water partition coefficient (Wildman–Crippen LogP) is 2.76. The molecule has 0 unspecified atom stereocenters. The molecule has 1 aromatic carbocycles. The lowest BCUT2D eigenvalue weighted by Gasteiger charge is -2.05. The molecular formula is C13H10BrFN4. The Morgan fingerprint density at radius 3 is 2.89 bits per heavy atom. The van der Waals surface area contributed by atoms with E-state index < -0.39 is 0 Å². The van der Waals surface area contributed by atoms with Gasteiger partial charge in [0.05, 0.1) is 17.6 Å². The molecule has 0 spiro atoms. The monoisotopic (exact) mass is 320 g/mol. The molecule has 3 rings (SSSR count). The van der Waals surface area contributed by atoms with Gasteiger partial charge < -0.3 is 5.73 Å². The minimum Gasteiger partial charge on any atom is -0.325 e. The number of nitrogens with two attached hydrogens (primary N) is 1. The van der Waals surface area contributed by atoms with Gasteiger partial charge in [0.25, 0.3) is 0 Å². The molecule has 0 saturated carbocycles. The Labute approximate surface area is 117 Å². The minimum absolute atomic E-state index is 0.315. The lowest BCUT2D eigenvalue weighted by molar-refractivity contribution is 0.629. The van der Waals surface area contributed by atoms with Gasteiger partial charge in [0.1, 0.15) is 5.82 Å². The highest BCUT2D eigenvalue weighted by Crippen LogP contribution is 2.25. The lowest BCUT2D eigenvalue weighted by atomic mass is 10.1. The Morgan fingerprint density at radius 1 is 1.26 bits per heavy atom. The SMILES string of the molecule is NCc1cnc2ccc(-c3cc(Br)ccc3F)nn12. The van der Waals surface area contributed by atoms with Gasteiger partial charge in [-0.15, -0.1) is 0 Å². The average Bonchev–Trinajstić information content (AvgIpc) is 2.83. The number of aromatic nitrogens is 3. The molecule has 6 heteroatoms. The van der Waals surface area contributed by atoms with E-state index in [9.17, 15) is 4.39 Å². The average molecular weight is 321 g/mol. The van der Waals surface area contributed by atoms with Gasteiger partial charge >= 0.3 is 0 Å². The smallest absolute Gasteiger partial charge is 0.153 e. The molecule has 0 aliphatic heterocycles. The third-order valence-corrected chi connectivity index (χ3v) is 3.34. The van der Waals surface area contributed by atoms with Crippen LogP contribution in [-0.4, -0.2) is 14.6 Å². The van der Waals surface area contributed by atoms with E-state index >= 15 is 0 Å². The summed E-state index contributed by atoms with van der Waals surface area (Å²) in [6.45, 7) is 0.332. The molecule has 3 aromatic rings. The summed E-state index contributed by atoms with van der Waals surface area (Å²) in [5.74, 6) is -0.315. The Balaban J connectivity index is 2.22. The molecule has 96 valence electrons. The highest BCUT2D eigenvalue weighted by Gasteiger charge is 2.10. The molecule has 0 amide bonds. The summed E-state index contributed by atoms with van der Waals surface area (Å²) < 4.78 is 16.3. The fourth-order valence-electron chi connectivity index (χ4n) is 1.90. The second-order valence-electron chi connectivity index (χ2n) is 4.07. The number of benzene rings is 1. The molecule has 0 bridgehead atoms. The number of halogens is 2. The van der Waals surface area contributed by atoms with Crippen LogP contribution in [0.5, 0.6) is 0 Å². The quantitative estimate of drug-likeness (QED) is 0.790. The minimum atomic E-state index is -0.315. The van der Waals surface area contributed by atoms with E-state index in [1.807, 2.05) is 0 Å². The van der Waals surface area contributed by atoms with Gasteiger partial charge in [-0.05, 0) is 30.3 Å². The van der Waals surface area contributed by atoms with Gasteiger partial charge in [0.15, 0.2) is 5.65 Å². The second-order valence-corrected chi connectivity index (χ2v) is 4.98. The van der Waals surface area contributed by atoms with Crippen molar-refractivity contribution >= 4 is 21.6 Å². The fraction of sp³-hybridized carbons (Fsp3) is 0.0769. The van der Waals surface area contributed by atoms with Gasteiger partial charge in [-0.1, -0.05) is 15.9 Å². The van der Waals surface area contributed by atoms with Crippen LogP contribution in [0.15, 0.2) is 41.0 Å². The van der Waals surface area contributed by atoms with E-state index in [0.29, 0.717) is 23.4 Å². The zero-order valence-corrected chi connectivity index (χ0v) is 11.4. The zero-order valence-electron chi connectivity index (χ0n) is 9.85. The van der Waals surface area contributed by atoms with Crippen molar-refractivity contribution in [1.29, 1.82) is 0 Å². The van der Waals surface area contributed by atoms with Crippen LogP contribution in [0.25, 0.3) is 16.9 Å². The number of hydrogen-bond acceptors (Lipinski definition) is 3. The first-order valence-corrected chi connectivity index (χ1v) is 6.47. The van der Waals surface area contributed by atoms with Gasteiger partial charge in [0.2, 0.25) is 0 Å². The number of nitrogens with zero attached hydrogens (tertiary/aromatic N) is 3. The molecule has 0 saturated heterocycles. The topological polar surface area (TPSA) is 56.2 Å². The van der Waals surface area contributed by atoms with Crippen LogP contribution in [0, 0.1) is 5.82 Å². The maximum Gasteiger partial charge on any atom is 0.153 e. The number of hydrogen-bond donors (Lipinski definition) is 1. The van der Waals surface area contributed by atoms with Crippen molar-refractivity contribution in [2.45, 2.75) is 6.54 Å². The number of imidazole rings is 1. The van der Waals surface area contributed by atoms with E-state index in [-0.39, 0.29) is 5.82 Å². The first kappa shape index (κ1) is 12.3. The Kier molecular flexibility index (Phi) is 3.04. The molecule has 19 heavy (non-hydrogen) atoms. The molecular weight excluding hydrogens is 311 g/mol. The van der Waals surface area contributed by atoms with Crippen molar-refractivity contribution in [2.24, 2.45) is 5.73 Å². The van der Waals surface area contributed by atoms with Crippen molar-refractivity contribution < 1.29 is 4.39 Å². The molecule has 2 aromatic heterocycles. The van der Waals surface area contributed by atoms with Crippen LogP contribution in [0.3, 0.4) is 0 Å². The van der Waals surface area contributed by atoms with Crippen LogP contribution in [-0.2, 0) is 6.54 Å². The Bertz CT molecular complexity index is 753. The Morgan fingerprint density at radius 2 is 2.11 bits per heavy atom. The second kappa shape index (κ2) is 4.71. The Hall–Kier alpha value is -1.79. The van der Waals surface area contributed by atoms with Crippen LogP contribution < -0.4 is 5.73 Å². The maximum absolute atomic E-state index is 13.9. The normalized spacial score (nSPS) is 11.1. The van der Waals surface area contributed by atoms with E-state index in [4.69, 9.17) is 5.73 Å². The van der Waals surface area contributed by atoms with E-state index in [1.54, 1.807) is 35.0 Å². The number of rotatable bonds is 2. The van der Waals surface area contributed by atoms with Crippen molar-refractivity contribution in [3.05, 3.63) is 52.5 Å². The van der Waals surface area contributed by atoms with E-state index in [1.165, 1.54) is 6.07 Å². The van der Waals surface area contributed by atoms with Crippen molar-refractivity contribution in [2.75, 3.05) is 0 Å². The summed E-state index contributed by atoms with van der Waals surface area (Å²) in [6.07, 6.45) is 1.67. The third-order valence-electron chi connectivity index (χ3n) is 2.85. The van der Waals surface area contributed by atoms with Crippen LogP contribution in [0.1, 0.15) is 5.69 Å². The molecule has 0 aliphatic carbocycles. The molecule has 0 radical (unpaired) electrons. The van der Waals surface area contributed by atoms with Crippen molar-refractivity contribution in [3.63, 3.8) is 0 Å². The van der Waals surface area contributed by atoms with Crippen LogP contribution in [0.4, 0.5) is 4.39 Å². The molecule has 2 heterocycles. The van der Waals surface area contributed by atoms with Gasteiger partial charge in [-0.3, -0.25) is 0 Å². The summed E-state index contributed by atoms with van der Waals surface area (Å²) in [5, 5.41) is 4.39. The molecule has 0 fully saturated rings. The third kappa shape index (κ3) is 2.13. The fourth-order valence-corrected chi connectivity index (χ4v) is 2.26. The van der Waals surface area contributed by atoms with Gasteiger partial charge in [-0.25, -0.2) is 13.9 Å². The standard InChI is InChI=1S/C13H10BrFN4/c14-8-1-2-11(15)10(5-8)12-3-4-13-17-7-9(6-16)19(13)18-12/h1-5,7H,6,16H2. The van der Waals surface area contributed by atoms with Crippen LogP contribution >= 0.6 is 15.9 Å². The van der Waals surface area contributed by atoms with E-state index in [2.05, 4.69) is 26.0 Å². The summed E-state index contributed by atoms with van der Waals surface area (Å²) in [6, 6.07) is 8.29. The van der Waals surface area contributed by atoms with Gasteiger partial charge in [-0.2, -0.15) is 5.10 Å². The summed E-state index contributed by atoms with van der Waals surface area (Å²) in [7, 11) is 0. The van der Waals surface area contributed by atoms with Crippen molar-refractivity contribution in [3.8, 4) is 11.3 Å². The lowest BCUT2D eigenvalue weighted by Crippen LogP contribution is -2.04. The highest BCUT2D eigenvalue weighted by atomic mass is 79.9. The number of fused-ring (bicyclic) bond motifs is 1. The molecule has 0 atom stereocenters. The molecule has 4 nitrogen and oxygen atoms in total. The summed E-state index contributed by atoms with van der Waals surface area (Å²) in [5.41, 5.74) is 8.08. The van der Waals surface area contributed by atoms with Crippen molar-refractivity contribution in [1.82, 2.24) is 14.6 Å². The summed E-state index contributed by atoms with van der Waals surface area (Å²) in [4.78, 5) is 4.18. The van der Waals surface area contributed by atoms with E-state index in [0.717, 1.165) is 10.2 Å². The predicted molar refractivity (Wildman–Crippen MR) is 74.0 cm³/mol. The summed E-state index contributed by atoms with van der Waals surface area (Å²) >= 11 is 3.33. The highest BCUT2D eigenvalue weighted by molar-refractivity contribution is 9.10. The maximum atomic E-state index is 13.9. The molecule has 0 aliphatic rings. The van der Waals surface area contributed by atoms with Gasteiger partial charge in [0, 0.05) is 16.6 Å². The van der Waals surface area contributed by atoms with Crippen LogP contribution in [0.2, 0.25) is 0 Å². The zero-order chi connectivity index (χ0) is 13.4. The largest absolute Gasteiger partial charge is 0.325 e. The molecule has 2 N–H and O–H groups in total.